The van der Waals surface area contributed by atoms with Crippen LogP contribution < -0.4 is 11.2 Å². The van der Waals surface area contributed by atoms with Gasteiger partial charge in [-0.3, -0.25) is 0 Å². The molecule has 0 aliphatic heterocycles. The van der Waals surface area contributed by atoms with Crippen LogP contribution in [0.5, 0.6) is 5.88 Å². The van der Waals surface area contributed by atoms with Gasteiger partial charge in [0.15, 0.2) is 3.95 Å². The van der Waals surface area contributed by atoms with E-state index in [1.54, 1.807) is 0 Å². The van der Waals surface area contributed by atoms with Crippen molar-refractivity contribution >= 4 is 29.6 Å². The number of aromatic nitrogens is 1. The Balaban J connectivity index is 3.01. The summed E-state index contributed by atoms with van der Waals surface area (Å²) in [4.78, 5) is 10.3. The lowest BCUT2D eigenvalue weighted by Gasteiger charge is -2.01. The topological polar surface area (TPSA) is 80.3 Å². The number of amides is 2. The number of urea groups is 1. The van der Waals surface area contributed by atoms with E-state index in [0.29, 0.717) is 3.95 Å². The van der Waals surface area contributed by atoms with Gasteiger partial charge in [-0.25, -0.2) is 10.2 Å². The number of carbonyl (C=O) groups excluding carboxylic acids is 1. The van der Waals surface area contributed by atoms with Crippen molar-refractivity contribution in [2.24, 2.45) is 5.73 Å². The van der Waals surface area contributed by atoms with Crippen molar-refractivity contribution in [1.29, 1.82) is 0 Å². The van der Waals surface area contributed by atoms with Crippen LogP contribution in [0.4, 0.5) is 4.79 Å². The molecule has 0 fully saturated rings. The summed E-state index contributed by atoms with van der Waals surface area (Å²) in [5, 5.41) is 10.4. The minimum Gasteiger partial charge on any atom is -0.493 e. The van der Waals surface area contributed by atoms with E-state index < -0.39 is 6.03 Å². The molecule has 0 spiro atoms. The molecule has 5 nitrogen and oxygen atoms in total. The van der Waals surface area contributed by atoms with Gasteiger partial charge in [0, 0.05) is 0 Å². The third-order valence-electron chi connectivity index (χ3n) is 0.899. The van der Waals surface area contributed by atoms with E-state index in [9.17, 15) is 4.79 Å². The number of hydrogen-bond donors (Lipinski definition) is 3. The maximum absolute atomic E-state index is 10.3. The van der Waals surface area contributed by atoms with Gasteiger partial charge >= 0.3 is 6.03 Å². The van der Waals surface area contributed by atoms with Crippen LogP contribution in [0.2, 0.25) is 0 Å². The van der Waals surface area contributed by atoms with Gasteiger partial charge in [-0.05, 0) is 12.2 Å². The minimum absolute atomic E-state index is 0.126. The number of nitrogens with two attached hydrogens (primary N) is 1. The van der Waals surface area contributed by atoms with E-state index in [0.717, 1.165) is 16.0 Å². The molecule has 11 heavy (non-hydrogen) atoms. The standard InChI is InChI=1S/C4H5N3O2S2/c5-3(9)6-7-2(8)1-11-4(7)10/h1,8H,(H3,5,6,9). The first-order chi connectivity index (χ1) is 5.11. The number of aromatic hydroxyl groups is 1. The van der Waals surface area contributed by atoms with Crippen molar-refractivity contribution in [2.75, 3.05) is 5.43 Å². The highest BCUT2D eigenvalue weighted by atomic mass is 32.1. The summed E-state index contributed by atoms with van der Waals surface area (Å²) >= 11 is 5.87. The number of thiazole rings is 1. The van der Waals surface area contributed by atoms with E-state index in [1.165, 1.54) is 5.38 Å². The molecule has 1 rings (SSSR count). The first-order valence-electron chi connectivity index (χ1n) is 2.57. The maximum Gasteiger partial charge on any atom is 0.331 e. The molecule has 0 aliphatic carbocycles. The predicted octanol–water partition coefficient (Wildman–Crippen LogP) is 0.607. The summed E-state index contributed by atoms with van der Waals surface area (Å²) < 4.78 is 1.36. The molecule has 2 amide bonds. The Labute approximate surface area is 71.0 Å². The van der Waals surface area contributed by atoms with Crippen LogP contribution in [0.1, 0.15) is 0 Å². The van der Waals surface area contributed by atoms with Crippen molar-refractivity contribution in [3.8, 4) is 5.88 Å². The number of carbonyl (C=O) groups is 1. The average molecular weight is 191 g/mol. The smallest absolute Gasteiger partial charge is 0.331 e. The summed E-state index contributed by atoms with van der Waals surface area (Å²) in [5.41, 5.74) is 6.93. The highest BCUT2D eigenvalue weighted by molar-refractivity contribution is 7.73. The number of primary amides is 1. The molecule has 0 aromatic carbocycles. The van der Waals surface area contributed by atoms with Crippen molar-refractivity contribution in [3.63, 3.8) is 0 Å². The van der Waals surface area contributed by atoms with Crippen LogP contribution in [-0.2, 0) is 0 Å². The Hall–Kier alpha value is -1.08. The summed E-state index contributed by atoms with van der Waals surface area (Å²) in [5.74, 6) is -0.126. The molecule has 1 aromatic heterocycles. The molecule has 0 bridgehead atoms. The molecule has 0 aliphatic rings. The Morgan fingerprint density at radius 2 is 2.55 bits per heavy atom. The molecule has 4 N–H and O–H groups in total. The van der Waals surface area contributed by atoms with Crippen LogP contribution in [0.25, 0.3) is 0 Å². The lowest BCUT2D eigenvalue weighted by atomic mass is 10.9. The van der Waals surface area contributed by atoms with Gasteiger partial charge in [0.25, 0.3) is 0 Å². The van der Waals surface area contributed by atoms with Crippen LogP contribution in [0, 0.1) is 3.95 Å². The zero-order chi connectivity index (χ0) is 8.43. The average Bonchev–Trinajstić information content (AvgIpc) is 2.18. The second kappa shape index (κ2) is 2.89. The monoisotopic (exact) mass is 191 g/mol. The fourth-order valence-corrected chi connectivity index (χ4v) is 1.35. The third kappa shape index (κ3) is 1.69. The molecule has 0 atom stereocenters. The van der Waals surface area contributed by atoms with Crippen LogP contribution in [0.15, 0.2) is 5.38 Å². The normalized spacial score (nSPS) is 9.45. The molecule has 1 heterocycles. The number of hydrogen-bond acceptors (Lipinski definition) is 4. The van der Waals surface area contributed by atoms with E-state index >= 15 is 0 Å². The fourth-order valence-electron chi connectivity index (χ4n) is 0.515. The summed E-state index contributed by atoms with van der Waals surface area (Å²) in [7, 11) is 0. The molecule has 1 aromatic rings. The van der Waals surface area contributed by atoms with Gasteiger partial charge in [0.1, 0.15) is 0 Å². The van der Waals surface area contributed by atoms with E-state index in [2.05, 4.69) is 5.43 Å². The number of nitrogens with one attached hydrogen (secondary N) is 1. The van der Waals surface area contributed by atoms with Crippen molar-refractivity contribution in [2.45, 2.75) is 0 Å². The Kier molecular flexibility index (Phi) is 2.11. The molecule has 7 heteroatoms. The van der Waals surface area contributed by atoms with Gasteiger partial charge < -0.3 is 10.8 Å². The van der Waals surface area contributed by atoms with Crippen LogP contribution in [-0.4, -0.2) is 15.8 Å². The van der Waals surface area contributed by atoms with Gasteiger partial charge in [-0.2, -0.15) is 4.68 Å². The second-order valence-electron chi connectivity index (χ2n) is 1.67. The largest absolute Gasteiger partial charge is 0.493 e. The molecule has 60 valence electrons. The van der Waals surface area contributed by atoms with Gasteiger partial charge in [-0.15, -0.1) is 11.3 Å². The Morgan fingerprint density at radius 1 is 1.91 bits per heavy atom. The zero-order valence-corrected chi connectivity index (χ0v) is 6.91. The Morgan fingerprint density at radius 3 is 2.91 bits per heavy atom. The van der Waals surface area contributed by atoms with Crippen LogP contribution in [0.3, 0.4) is 0 Å². The lowest BCUT2D eigenvalue weighted by Crippen LogP contribution is -2.27. The van der Waals surface area contributed by atoms with E-state index in [1.807, 2.05) is 0 Å². The zero-order valence-electron chi connectivity index (χ0n) is 5.27. The minimum atomic E-state index is -0.769. The van der Waals surface area contributed by atoms with Crippen LogP contribution >= 0.6 is 23.6 Å². The fraction of sp³-hybridized carbons (Fsp3) is 0. The van der Waals surface area contributed by atoms with Gasteiger partial charge in [0.05, 0.1) is 5.38 Å². The molecular weight excluding hydrogens is 186 g/mol. The lowest BCUT2D eigenvalue weighted by molar-refractivity contribution is 0.256. The predicted molar refractivity (Wildman–Crippen MR) is 43.8 cm³/mol. The summed E-state index contributed by atoms with van der Waals surface area (Å²) in [6.45, 7) is 0. The van der Waals surface area contributed by atoms with E-state index in [4.69, 9.17) is 23.1 Å². The Bertz CT molecular complexity index is 328. The first kappa shape index (κ1) is 8.02. The first-order valence-corrected chi connectivity index (χ1v) is 3.86. The van der Waals surface area contributed by atoms with Gasteiger partial charge in [0.2, 0.25) is 5.88 Å². The summed E-state index contributed by atoms with van der Waals surface area (Å²) in [6.07, 6.45) is 0. The molecule has 0 saturated heterocycles. The number of rotatable bonds is 1. The SMILES string of the molecule is NC(=O)Nn1c(O)csc1=S. The third-order valence-corrected chi connectivity index (χ3v) is 2.08. The highest BCUT2D eigenvalue weighted by Gasteiger charge is 2.02. The molecule has 0 unspecified atom stereocenters. The quantitative estimate of drug-likeness (QED) is 0.569. The van der Waals surface area contributed by atoms with Gasteiger partial charge in [-0.1, -0.05) is 0 Å². The molecular formula is C4H5N3O2S2. The molecule has 0 radical (unpaired) electrons. The maximum atomic E-state index is 10.3. The summed E-state index contributed by atoms with van der Waals surface area (Å²) in [6, 6.07) is -0.769. The number of nitrogens with zero attached hydrogens (tertiary/aromatic N) is 1. The van der Waals surface area contributed by atoms with Crippen molar-refractivity contribution in [3.05, 3.63) is 9.33 Å². The van der Waals surface area contributed by atoms with Crippen molar-refractivity contribution in [1.82, 2.24) is 4.68 Å². The van der Waals surface area contributed by atoms with Crippen molar-refractivity contribution < 1.29 is 9.90 Å². The second-order valence-corrected chi connectivity index (χ2v) is 3.17. The van der Waals surface area contributed by atoms with E-state index in [-0.39, 0.29) is 5.88 Å². The highest BCUT2D eigenvalue weighted by Crippen LogP contribution is 2.14. The molecule has 0 saturated carbocycles.